The number of carbonyl (C=O) groups is 2. The minimum Gasteiger partial charge on any atom is -0.493 e. The molecule has 0 aliphatic carbocycles. The maximum Gasteiger partial charge on any atom is 0.329 e. The number of methoxy groups -OCH3 is 2. The number of ether oxygens (including phenoxy) is 2. The quantitative estimate of drug-likeness (QED) is 0.515. The summed E-state index contributed by atoms with van der Waals surface area (Å²) in [5.41, 5.74) is 3.00. The van der Waals surface area contributed by atoms with Crippen molar-refractivity contribution in [2.75, 3.05) is 27.3 Å². The molecular formula is C17H23N3O4. The molecule has 24 heavy (non-hydrogen) atoms. The first-order valence-corrected chi connectivity index (χ1v) is 8.00. The Hall–Kier alpha value is -2.57. The van der Waals surface area contributed by atoms with Crippen molar-refractivity contribution >= 4 is 18.0 Å². The van der Waals surface area contributed by atoms with Crippen LogP contribution in [0.3, 0.4) is 0 Å². The van der Waals surface area contributed by atoms with E-state index in [4.69, 9.17) is 9.47 Å². The van der Waals surface area contributed by atoms with Gasteiger partial charge in [-0.05, 0) is 36.6 Å². The van der Waals surface area contributed by atoms with Crippen molar-refractivity contribution in [3.63, 3.8) is 0 Å². The molecular weight excluding hydrogens is 310 g/mol. The van der Waals surface area contributed by atoms with Gasteiger partial charge >= 0.3 is 11.8 Å². The van der Waals surface area contributed by atoms with Gasteiger partial charge in [-0.25, -0.2) is 5.43 Å². The summed E-state index contributed by atoms with van der Waals surface area (Å²) in [6.45, 7) is 1.26. The van der Waals surface area contributed by atoms with Crippen LogP contribution < -0.4 is 14.9 Å². The van der Waals surface area contributed by atoms with Gasteiger partial charge in [0.15, 0.2) is 11.5 Å². The summed E-state index contributed by atoms with van der Waals surface area (Å²) in [4.78, 5) is 25.6. The van der Waals surface area contributed by atoms with E-state index in [-0.39, 0.29) is 0 Å². The predicted octanol–water partition coefficient (Wildman–Crippen LogP) is 1.56. The zero-order valence-corrected chi connectivity index (χ0v) is 14.1. The minimum atomic E-state index is -0.714. The van der Waals surface area contributed by atoms with E-state index in [1.807, 2.05) is 0 Å². The number of amides is 2. The third-order valence-corrected chi connectivity index (χ3v) is 3.87. The number of nitrogens with one attached hydrogen (secondary N) is 1. The number of rotatable bonds is 4. The molecule has 0 aromatic heterocycles. The Labute approximate surface area is 141 Å². The van der Waals surface area contributed by atoms with Gasteiger partial charge in [-0.2, -0.15) is 5.10 Å². The molecule has 0 bridgehead atoms. The number of nitrogens with zero attached hydrogens (tertiary/aromatic N) is 2. The molecule has 0 atom stereocenters. The van der Waals surface area contributed by atoms with Crippen LogP contribution in [0.2, 0.25) is 0 Å². The third kappa shape index (κ3) is 4.71. The fourth-order valence-corrected chi connectivity index (χ4v) is 2.56. The molecule has 0 spiro atoms. The van der Waals surface area contributed by atoms with Crippen molar-refractivity contribution in [1.82, 2.24) is 10.3 Å². The zero-order chi connectivity index (χ0) is 17.4. The molecule has 0 unspecified atom stereocenters. The first-order chi connectivity index (χ1) is 11.7. The van der Waals surface area contributed by atoms with Gasteiger partial charge < -0.3 is 14.4 Å². The van der Waals surface area contributed by atoms with Crippen molar-refractivity contribution in [3.05, 3.63) is 23.8 Å². The van der Waals surface area contributed by atoms with Gasteiger partial charge in [-0.1, -0.05) is 12.8 Å². The topological polar surface area (TPSA) is 80.2 Å². The van der Waals surface area contributed by atoms with E-state index in [1.54, 1.807) is 37.3 Å². The smallest absolute Gasteiger partial charge is 0.329 e. The molecule has 1 aromatic rings. The van der Waals surface area contributed by atoms with Crippen molar-refractivity contribution in [1.29, 1.82) is 0 Å². The number of likely N-dealkylation sites (tertiary alicyclic amines) is 1. The van der Waals surface area contributed by atoms with Gasteiger partial charge in [0.05, 0.1) is 20.4 Å². The number of hydrazone groups is 1. The maximum absolute atomic E-state index is 12.1. The Balaban J connectivity index is 1.92. The van der Waals surface area contributed by atoms with E-state index < -0.39 is 11.8 Å². The lowest BCUT2D eigenvalue weighted by Crippen LogP contribution is -2.41. The van der Waals surface area contributed by atoms with Crippen LogP contribution in [0, 0.1) is 0 Å². The molecule has 1 aliphatic rings. The van der Waals surface area contributed by atoms with Crippen LogP contribution in [-0.4, -0.2) is 50.2 Å². The lowest BCUT2D eigenvalue weighted by atomic mass is 10.2. The summed E-state index contributed by atoms with van der Waals surface area (Å²) in [6.07, 6.45) is 5.53. The Bertz CT molecular complexity index is 608. The van der Waals surface area contributed by atoms with Crippen LogP contribution in [-0.2, 0) is 9.59 Å². The second-order valence-electron chi connectivity index (χ2n) is 5.52. The predicted molar refractivity (Wildman–Crippen MR) is 90.3 cm³/mol. The molecule has 1 fully saturated rings. The normalized spacial score (nSPS) is 15.0. The summed E-state index contributed by atoms with van der Waals surface area (Å²) in [5.74, 6) is -0.0709. The second-order valence-corrected chi connectivity index (χ2v) is 5.52. The first kappa shape index (κ1) is 17.8. The molecule has 1 saturated heterocycles. The average Bonchev–Trinajstić information content (AvgIpc) is 2.90. The molecule has 1 aromatic carbocycles. The lowest BCUT2D eigenvalue weighted by Gasteiger charge is -2.18. The molecule has 7 nitrogen and oxygen atoms in total. The van der Waals surface area contributed by atoms with E-state index in [0.717, 1.165) is 31.2 Å². The van der Waals surface area contributed by atoms with Gasteiger partial charge in [0, 0.05) is 13.1 Å². The van der Waals surface area contributed by atoms with Gasteiger partial charge in [-0.15, -0.1) is 0 Å². The molecule has 0 saturated carbocycles. The maximum atomic E-state index is 12.1. The Kier molecular flexibility index (Phi) is 6.60. The highest BCUT2D eigenvalue weighted by Crippen LogP contribution is 2.26. The molecule has 1 heterocycles. The summed E-state index contributed by atoms with van der Waals surface area (Å²) in [6, 6.07) is 5.24. The highest BCUT2D eigenvalue weighted by molar-refractivity contribution is 6.35. The largest absolute Gasteiger partial charge is 0.493 e. The minimum absolute atomic E-state index is 0.527. The summed E-state index contributed by atoms with van der Waals surface area (Å²) in [5, 5.41) is 3.84. The monoisotopic (exact) mass is 333 g/mol. The Morgan fingerprint density at radius 3 is 2.38 bits per heavy atom. The van der Waals surface area contributed by atoms with Crippen LogP contribution in [0.25, 0.3) is 0 Å². The van der Waals surface area contributed by atoms with Gasteiger partial charge in [0.25, 0.3) is 0 Å². The first-order valence-electron chi connectivity index (χ1n) is 8.00. The van der Waals surface area contributed by atoms with E-state index in [0.29, 0.717) is 24.6 Å². The number of carbonyl (C=O) groups excluding carboxylic acids is 2. The second kappa shape index (κ2) is 8.90. The van der Waals surface area contributed by atoms with Crippen LogP contribution in [0.15, 0.2) is 23.3 Å². The van der Waals surface area contributed by atoms with Crippen LogP contribution >= 0.6 is 0 Å². The fourth-order valence-electron chi connectivity index (χ4n) is 2.56. The number of hydrogen-bond donors (Lipinski definition) is 1. The standard InChI is InChI=1S/C17H23N3O4/c1-23-14-8-7-13(11-15(14)24-2)12-18-19-16(21)17(22)20-9-5-3-4-6-10-20/h7-8,11-12H,3-6,9-10H2,1-2H3,(H,19,21)/b18-12-. The molecule has 0 radical (unpaired) electrons. The molecule has 2 rings (SSSR count). The van der Waals surface area contributed by atoms with E-state index in [2.05, 4.69) is 10.5 Å². The van der Waals surface area contributed by atoms with Crippen molar-refractivity contribution in [2.24, 2.45) is 5.10 Å². The number of hydrogen-bond acceptors (Lipinski definition) is 5. The van der Waals surface area contributed by atoms with Gasteiger partial charge in [-0.3, -0.25) is 9.59 Å². The zero-order valence-electron chi connectivity index (χ0n) is 14.1. The van der Waals surface area contributed by atoms with Gasteiger partial charge in [0.1, 0.15) is 0 Å². The van der Waals surface area contributed by atoms with E-state index in [1.165, 1.54) is 6.21 Å². The van der Waals surface area contributed by atoms with Crippen molar-refractivity contribution in [2.45, 2.75) is 25.7 Å². The molecule has 7 heteroatoms. The van der Waals surface area contributed by atoms with Crippen molar-refractivity contribution in [3.8, 4) is 11.5 Å². The molecule has 2 amide bonds. The Morgan fingerprint density at radius 2 is 1.75 bits per heavy atom. The van der Waals surface area contributed by atoms with E-state index in [9.17, 15) is 9.59 Å². The highest BCUT2D eigenvalue weighted by atomic mass is 16.5. The van der Waals surface area contributed by atoms with Crippen LogP contribution in [0.4, 0.5) is 0 Å². The molecule has 1 aliphatic heterocycles. The molecule has 130 valence electrons. The van der Waals surface area contributed by atoms with Crippen LogP contribution in [0.5, 0.6) is 11.5 Å². The van der Waals surface area contributed by atoms with E-state index >= 15 is 0 Å². The SMILES string of the molecule is COc1ccc(/C=N\NC(=O)C(=O)N2CCCCCC2)cc1OC. The summed E-state index contributed by atoms with van der Waals surface area (Å²) >= 11 is 0. The summed E-state index contributed by atoms with van der Waals surface area (Å²) < 4.78 is 10.4. The lowest BCUT2D eigenvalue weighted by molar-refractivity contribution is -0.145. The third-order valence-electron chi connectivity index (χ3n) is 3.87. The fraction of sp³-hybridized carbons (Fsp3) is 0.471. The number of benzene rings is 1. The van der Waals surface area contributed by atoms with Gasteiger partial charge in [0.2, 0.25) is 0 Å². The highest BCUT2D eigenvalue weighted by Gasteiger charge is 2.22. The summed E-state index contributed by atoms with van der Waals surface area (Å²) in [7, 11) is 3.10. The molecule has 1 N–H and O–H groups in total. The van der Waals surface area contributed by atoms with Crippen LogP contribution in [0.1, 0.15) is 31.2 Å². The average molecular weight is 333 g/mol. The Morgan fingerprint density at radius 1 is 1.08 bits per heavy atom. The van der Waals surface area contributed by atoms with Crippen molar-refractivity contribution < 1.29 is 19.1 Å².